The van der Waals surface area contributed by atoms with Crippen LogP contribution in [-0.2, 0) is 4.43 Å². The molecule has 66 valence electrons. The van der Waals surface area contributed by atoms with Gasteiger partial charge in [-0.25, -0.2) is 0 Å². The predicted molar refractivity (Wildman–Crippen MR) is 63.1 cm³/mol. The van der Waals surface area contributed by atoms with Crippen LogP contribution in [0.25, 0.3) is 11.3 Å². The molecule has 0 N–H and O–H groups in total. The van der Waals surface area contributed by atoms with Crippen molar-refractivity contribution in [2.75, 3.05) is 0 Å². The van der Waals surface area contributed by atoms with Crippen LogP contribution in [0.5, 0.6) is 0 Å². The molecule has 0 radical (unpaired) electrons. The van der Waals surface area contributed by atoms with Gasteiger partial charge in [-0.3, -0.25) is 0 Å². The van der Waals surface area contributed by atoms with Gasteiger partial charge in [0.1, 0.15) is 5.69 Å². The van der Waals surface area contributed by atoms with Gasteiger partial charge in [-0.2, -0.15) is 0 Å². The summed E-state index contributed by atoms with van der Waals surface area (Å²) in [5, 5.41) is 5.97. The molecule has 0 aliphatic carbocycles. The summed E-state index contributed by atoms with van der Waals surface area (Å²) < 4.78 is 4.88. The molecule has 0 bridgehead atoms. The highest BCUT2D eigenvalue weighted by atomic mass is 127. The average molecular weight is 302 g/mol. The lowest BCUT2D eigenvalue weighted by molar-refractivity contribution is 1.16. The molecule has 1 aromatic heterocycles. The Kier molecular flexibility index (Phi) is 2.90. The zero-order valence-corrected chi connectivity index (χ0v) is 9.75. The Hall–Kier alpha value is -0.490. The normalized spacial score (nSPS) is 10.2. The van der Waals surface area contributed by atoms with E-state index in [0.29, 0.717) is 0 Å². The summed E-state index contributed by atoms with van der Waals surface area (Å²) in [5.41, 5.74) is 3.44. The van der Waals surface area contributed by atoms with Gasteiger partial charge in [-0.05, 0) is 17.1 Å². The van der Waals surface area contributed by atoms with Gasteiger partial charge in [0, 0.05) is 15.4 Å². The average Bonchev–Trinajstić information content (AvgIpc) is 2.71. The van der Waals surface area contributed by atoms with Crippen LogP contribution in [0, 0.1) is 0 Å². The molecule has 4 heteroatoms. The highest BCUT2D eigenvalue weighted by Gasteiger charge is 1.99. The highest BCUT2D eigenvalue weighted by Crippen LogP contribution is 2.18. The van der Waals surface area contributed by atoms with Crippen molar-refractivity contribution >= 4 is 34.1 Å². The summed E-state index contributed by atoms with van der Waals surface area (Å²) in [6, 6.07) is 8.43. The summed E-state index contributed by atoms with van der Waals surface area (Å²) in [4.78, 5) is 0. The Morgan fingerprint density at radius 3 is 2.54 bits per heavy atom. The maximum Gasteiger partial charge on any atom is 0.105 e. The van der Waals surface area contributed by atoms with E-state index in [4.69, 9.17) is 0 Å². The van der Waals surface area contributed by atoms with Crippen LogP contribution in [0.4, 0.5) is 0 Å². The molecule has 0 aliphatic rings. The number of halogens is 1. The van der Waals surface area contributed by atoms with E-state index in [9.17, 15) is 0 Å². The maximum atomic E-state index is 4.01. The molecule has 0 atom stereocenters. The highest BCUT2D eigenvalue weighted by molar-refractivity contribution is 14.1. The first-order chi connectivity index (χ1) is 6.40. The van der Waals surface area contributed by atoms with E-state index in [1.165, 1.54) is 17.1 Å². The summed E-state index contributed by atoms with van der Waals surface area (Å²) >= 11 is 3.73. The molecular weight excluding hydrogens is 295 g/mol. The second kappa shape index (κ2) is 4.15. The van der Waals surface area contributed by atoms with Crippen molar-refractivity contribution < 1.29 is 0 Å². The Balaban J connectivity index is 2.33. The maximum absolute atomic E-state index is 4.01. The molecule has 0 saturated carbocycles. The number of alkyl halides is 1. The summed E-state index contributed by atoms with van der Waals surface area (Å²) in [6.45, 7) is 0. The molecular formula is C9H7IN2S. The van der Waals surface area contributed by atoms with Crippen molar-refractivity contribution in [3.63, 3.8) is 0 Å². The fraction of sp³-hybridized carbons (Fsp3) is 0.111. The Morgan fingerprint density at radius 1 is 1.23 bits per heavy atom. The molecule has 1 heterocycles. The van der Waals surface area contributed by atoms with Crippen molar-refractivity contribution in [3.8, 4) is 11.3 Å². The van der Waals surface area contributed by atoms with Crippen LogP contribution < -0.4 is 0 Å². The molecule has 2 rings (SSSR count). The first-order valence-corrected chi connectivity index (χ1v) is 6.18. The van der Waals surface area contributed by atoms with E-state index in [-0.39, 0.29) is 0 Å². The molecule has 2 aromatic rings. The minimum Gasteiger partial charge on any atom is -0.138 e. The number of rotatable bonds is 2. The van der Waals surface area contributed by atoms with Crippen LogP contribution in [0.3, 0.4) is 0 Å². The lowest BCUT2D eigenvalue weighted by Gasteiger charge is -1.97. The molecule has 1 aromatic carbocycles. The van der Waals surface area contributed by atoms with Crippen LogP contribution in [0.2, 0.25) is 0 Å². The fourth-order valence-corrected chi connectivity index (χ4v) is 2.03. The zero-order valence-electron chi connectivity index (χ0n) is 6.77. The lowest BCUT2D eigenvalue weighted by atomic mass is 10.1. The minimum absolute atomic E-state index is 0.963. The predicted octanol–water partition coefficient (Wildman–Crippen LogP) is 3.14. The number of hydrogen-bond acceptors (Lipinski definition) is 3. The molecule has 0 aliphatic heterocycles. The van der Waals surface area contributed by atoms with Gasteiger partial charge in [0.15, 0.2) is 0 Å². The van der Waals surface area contributed by atoms with E-state index < -0.39 is 0 Å². The fourth-order valence-electron chi connectivity index (χ4n) is 1.05. The topological polar surface area (TPSA) is 25.8 Å². The Bertz CT molecular complexity index is 369. The number of benzene rings is 1. The zero-order chi connectivity index (χ0) is 9.10. The number of nitrogens with zero attached hydrogens (tertiary/aromatic N) is 2. The molecule has 13 heavy (non-hydrogen) atoms. The molecule has 0 spiro atoms. The third-order valence-electron chi connectivity index (χ3n) is 1.76. The first-order valence-electron chi connectivity index (χ1n) is 3.82. The smallest absolute Gasteiger partial charge is 0.105 e. The molecule has 0 saturated heterocycles. The molecule has 0 unspecified atom stereocenters. The molecule has 0 amide bonds. The van der Waals surface area contributed by atoms with Gasteiger partial charge in [-0.15, -0.1) is 5.10 Å². The largest absolute Gasteiger partial charge is 0.138 e. The van der Waals surface area contributed by atoms with Crippen LogP contribution in [0.15, 0.2) is 29.6 Å². The van der Waals surface area contributed by atoms with Crippen molar-refractivity contribution in [2.45, 2.75) is 4.43 Å². The van der Waals surface area contributed by atoms with E-state index in [1.54, 1.807) is 0 Å². The Labute approximate surface area is 94.3 Å². The van der Waals surface area contributed by atoms with Gasteiger partial charge in [0.05, 0.1) is 0 Å². The van der Waals surface area contributed by atoms with Crippen LogP contribution in [-0.4, -0.2) is 9.59 Å². The van der Waals surface area contributed by atoms with Crippen molar-refractivity contribution in [2.24, 2.45) is 0 Å². The summed E-state index contributed by atoms with van der Waals surface area (Å²) in [7, 11) is 0. The summed E-state index contributed by atoms with van der Waals surface area (Å²) in [6.07, 6.45) is 0. The van der Waals surface area contributed by atoms with Gasteiger partial charge < -0.3 is 0 Å². The van der Waals surface area contributed by atoms with Crippen molar-refractivity contribution in [3.05, 3.63) is 35.2 Å². The minimum atomic E-state index is 0.963. The lowest BCUT2D eigenvalue weighted by Crippen LogP contribution is -1.80. The number of aromatic nitrogens is 2. The monoisotopic (exact) mass is 302 g/mol. The third kappa shape index (κ3) is 2.05. The van der Waals surface area contributed by atoms with E-state index >= 15 is 0 Å². The number of hydrogen-bond donors (Lipinski definition) is 0. The molecule has 2 nitrogen and oxygen atoms in total. The van der Waals surface area contributed by atoms with Gasteiger partial charge in [0.25, 0.3) is 0 Å². The SMILES string of the molecule is ICc1ccc(-c2csnn2)cc1. The van der Waals surface area contributed by atoms with Gasteiger partial charge in [-0.1, -0.05) is 51.3 Å². The van der Waals surface area contributed by atoms with E-state index in [0.717, 1.165) is 15.7 Å². The second-order valence-electron chi connectivity index (χ2n) is 2.62. The standard InChI is InChI=1S/C9H7IN2S/c10-5-7-1-3-8(4-2-7)9-6-13-12-11-9/h1-4,6H,5H2. The van der Waals surface area contributed by atoms with Crippen LogP contribution in [0.1, 0.15) is 5.56 Å². The second-order valence-corrected chi connectivity index (χ2v) is 3.99. The summed E-state index contributed by atoms with van der Waals surface area (Å²) in [5.74, 6) is 0. The van der Waals surface area contributed by atoms with Gasteiger partial charge >= 0.3 is 0 Å². The van der Waals surface area contributed by atoms with Gasteiger partial charge in [0.2, 0.25) is 0 Å². The van der Waals surface area contributed by atoms with E-state index in [2.05, 4.69) is 56.4 Å². The third-order valence-corrected chi connectivity index (χ3v) is 3.15. The van der Waals surface area contributed by atoms with Crippen molar-refractivity contribution in [1.82, 2.24) is 9.59 Å². The molecule has 0 fully saturated rings. The van der Waals surface area contributed by atoms with E-state index in [1.807, 2.05) is 5.38 Å². The van der Waals surface area contributed by atoms with Crippen molar-refractivity contribution in [1.29, 1.82) is 0 Å². The first kappa shape index (κ1) is 9.08. The van der Waals surface area contributed by atoms with Crippen LogP contribution >= 0.6 is 34.1 Å². The Morgan fingerprint density at radius 2 is 2.00 bits per heavy atom. The quantitative estimate of drug-likeness (QED) is 0.629.